The van der Waals surface area contributed by atoms with Crippen molar-refractivity contribution < 1.29 is 0 Å². The number of nitrogens with zero attached hydrogens (tertiary/aromatic N) is 2. The molecule has 1 heterocycles. The maximum atomic E-state index is 5.94. The summed E-state index contributed by atoms with van der Waals surface area (Å²) in [5.74, 6) is 0. The van der Waals surface area contributed by atoms with Crippen molar-refractivity contribution in [2.24, 2.45) is 0 Å². The topological polar surface area (TPSA) is 37.8 Å². The third-order valence-corrected chi connectivity index (χ3v) is 3.13. The first kappa shape index (κ1) is 11.5. The number of benzene rings is 1. The van der Waals surface area contributed by atoms with Crippen LogP contribution in [0.4, 0.5) is 0 Å². The summed E-state index contributed by atoms with van der Waals surface area (Å²) in [6.45, 7) is 2.83. The standard InChI is InChI=1S/C11H12ClN3S/c1-8(9-3-2-4-10(12)5-9)13-6-11-7-16-15-14-11/h2-5,7-8,13H,6H2,1H3. The van der Waals surface area contributed by atoms with E-state index in [0.29, 0.717) is 0 Å². The van der Waals surface area contributed by atoms with Crippen LogP contribution in [0.25, 0.3) is 0 Å². The summed E-state index contributed by atoms with van der Waals surface area (Å²) >= 11 is 7.31. The first-order chi connectivity index (χ1) is 7.75. The summed E-state index contributed by atoms with van der Waals surface area (Å²) in [4.78, 5) is 0. The maximum Gasteiger partial charge on any atom is 0.0893 e. The van der Waals surface area contributed by atoms with Gasteiger partial charge in [0.15, 0.2) is 0 Å². The normalized spacial score (nSPS) is 12.6. The number of aromatic nitrogens is 2. The van der Waals surface area contributed by atoms with Crippen LogP contribution in [0.1, 0.15) is 24.2 Å². The number of halogens is 1. The van der Waals surface area contributed by atoms with Crippen LogP contribution >= 0.6 is 23.1 Å². The molecule has 1 unspecified atom stereocenters. The van der Waals surface area contributed by atoms with Gasteiger partial charge in [0.05, 0.1) is 5.69 Å². The van der Waals surface area contributed by atoms with Gasteiger partial charge in [0.25, 0.3) is 0 Å². The fourth-order valence-electron chi connectivity index (χ4n) is 1.41. The molecule has 1 aromatic heterocycles. The van der Waals surface area contributed by atoms with Crippen LogP contribution in [0.3, 0.4) is 0 Å². The van der Waals surface area contributed by atoms with Gasteiger partial charge in [-0.05, 0) is 36.2 Å². The van der Waals surface area contributed by atoms with Crippen molar-refractivity contribution in [1.29, 1.82) is 0 Å². The van der Waals surface area contributed by atoms with E-state index in [1.807, 2.05) is 23.6 Å². The van der Waals surface area contributed by atoms with Gasteiger partial charge in [-0.1, -0.05) is 28.2 Å². The van der Waals surface area contributed by atoms with Crippen molar-refractivity contribution in [3.63, 3.8) is 0 Å². The highest BCUT2D eigenvalue weighted by Gasteiger charge is 2.05. The molecule has 0 saturated heterocycles. The largest absolute Gasteiger partial charge is 0.304 e. The minimum Gasteiger partial charge on any atom is -0.304 e. The van der Waals surface area contributed by atoms with Crippen LogP contribution in [-0.2, 0) is 6.54 Å². The summed E-state index contributed by atoms with van der Waals surface area (Å²) in [5, 5.41) is 10.1. The van der Waals surface area contributed by atoms with Gasteiger partial charge < -0.3 is 5.32 Å². The second-order valence-electron chi connectivity index (χ2n) is 3.55. The predicted molar refractivity (Wildman–Crippen MR) is 66.6 cm³/mol. The first-order valence-corrected chi connectivity index (χ1v) is 6.22. The molecule has 0 radical (unpaired) electrons. The Labute approximate surface area is 104 Å². The fourth-order valence-corrected chi connectivity index (χ4v) is 2.06. The van der Waals surface area contributed by atoms with Crippen molar-refractivity contribution in [2.45, 2.75) is 19.5 Å². The molecule has 0 aliphatic carbocycles. The van der Waals surface area contributed by atoms with Gasteiger partial charge in [0.1, 0.15) is 0 Å². The lowest BCUT2D eigenvalue weighted by atomic mass is 10.1. The highest BCUT2D eigenvalue weighted by atomic mass is 35.5. The molecule has 2 aromatic rings. The fraction of sp³-hybridized carbons (Fsp3) is 0.273. The Bertz CT molecular complexity index is 444. The predicted octanol–water partition coefficient (Wildman–Crippen LogP) is 3.04. The van der Waals surface area contributed by atoms with Gasteiger partial charge in [-0.2, -0.15) is 0 Å². The molecule has 2 rings (SSSR count). The Morgan fingerprint density at radius 2 is 2.38 bits per heavy atom. The average molecular weight is 254 g/mol. The van der Waals surface area contributed by atoms with Crippen molar-refractivity contribution in [1.82, 2.24) is 14.9 Å². The average Bonchev–Trinajstić information content (AvgIpc) is 2.78. The third kappa shape index (κ3) is 3.01. The molecule has 1 aromatic carbocycles. The Hall–Kier alpha value is -0.970. The Balaban J connectivity index is 1.95. The molecule has 0 spiro atoms. The van der Waals surface area contributed by atoms with E-state index >= 15 is 0 Å². The van der Waals surface area contributed by atoms with Gasteiger partial charge in [-0.3, -0.25) is 0 Å². The van der Waals surface area contributed by atoms with Gasteiger partial charge in [-0.25, -0.2) is 0 Å². The quantitative estimate of drug-likeness (QED) is 0.910. The molecule has 5 heteroatoms. The zero-order valence-electron chi connectivity index (χ0n) is 8.85. The SMILES string of the molecule is CC(NCc1csnn1)c1cccc(Cl)c1. The van der Waals surface area contributed by atoms with E-state index in [9.17, 15) is 0 Å². The number of hydrogen-bond donors (Lipinski definition) is 1. The molecule has 0 fully saturated rings. The summed E-state index contributed by atoms with van der Waals surface area (Å²) < 4.78 is 3.82. The first-order valence-electron chi connectivity index (χ1n) is 5.00. The van der Waals surface area contributed by atoms with Crippen LogP contribution in [0.15, 0.2) is 29.6 Å². The molecule has 0 saturated carbocycles. The third-order valence-electron chi connectivity index (χ3n) is 2.34. The van der Waals surface area contributed by atoms with Crippen LogP contribution in [0, 0.1) is 0 Å². The zero-order valence-corrected chi connectivity index (χ0v) is 10.4. The van der Waals surface area contributed by atoms with E-state index in [1.54, 1.807) is 0 Å². The van der Waals surface area contributed by atoms with Gasteiger partial charge in [0, 0.05) is 23.0 Å². The van der Waals surface area contributed by atoms with Crippen LogP contribution in [0.5, 0.6) is 0 Å². The Morgan fingerprint density at radius 1 is 1.50 bits per heavy atom. The Kier molecular flexibility index (Phi) is 3.88. The van der Waals surface area contributed by atoms with E-state index in [-0.39, 0.29) is 6.04 Å². The van der Waals surface area contributed by atoms with Crippen LogP contribution < -0.4 is 5.32 Å². The van der Waals surface area contributed by atoms with Crippen molar-refractivity contribution in [3.8, 4) is 0 Å². The minimum atomic E-state index is 0.250. The molecular formula is C11H12ClN3S. The summed E-state index contributed by atoms with van der Waals surface area (Å²) in [5.41, 5.74) is 2.15. The van der Waals surface area contributed by atoms with Crippen LogP contribution in [-0.4, -0.2) is 9.59 Å². The monoisotopic (exact) mass is 253 g/mol. The molecule has 0 bridgehead atoms. The summed E-state index contributed by atoms with van der Waals surface area (Å²) in [6.07, 6.45) is 0. The van der Waals surface area contributed by atoms with E-state index in [2.05, 4.69) is 27.9 Å². The van der Waals surface area contributed by atoms with Gasteiger partial charge >= 0.3 is 0 Å². The molecule has 1 N–H and O–H groups in total. The number of nitrogens with one attached hydrogen (secondary N) is 1. The van der Waals surface area contributed by atoms with E-state index in [0.717, 1.165) is 17.3 Å². The lowest BCUT2D eigenvalue weighted by Gasteiger charge is -2.13. The van der Waals surface area contributed by atoms with Gasteiger partial charge in [0.2, 0.25) is 0 Å². The van der Waals surface area contributed by atoms with Gasteiger partial charge in [-0.15, -0.1) is 5.10 Å². The van der Waals surface area contributed by atoms with E-state index in [1.165, 1.54) is 17.1 Å². The van der Waals surface area contributed by atoms with E-state index in [4.69, 9.17) is 11.6 Å². The molecule has 1 atom stereocenters. The second kappa shape index (κ2) is 5.39. The lowest BCUT2D eigenvalue weighted by molar-refractivity contribution is 0.567. The van der Waals surface area contributed by atoms with Crippen molar-refractivity contribution in [3.05, 3.63) is 45.9 Å². The lowest BCUT2D eigenvalue weighted by Crippen LogP contribution is -2.18. The summed E-state index contributed by atoms with van der Waals surface area (Å²) in [6, 6.07) is 8.12. The summed E-state index contributed by atoms with van der Waals surface area (Å²) in [7, 11) is 0. The molecular weight excluding hydrogens is 242 g/mol. The molecule has 0 aliphatic heterocycles. The molecule has 16 heavy (non-hydrogen) atoms. The van der Waals surface area contributed by atoms with Crippen molar-refractivity contribution in [2.75, 3.05) is 0 Å². The van der Waals surface area contributed by atoms with Crippen molar-refractivity contribution >= 4 is 23.1 Å². The maximum absolute atomic E-state index is 5.94. The number of rotatable bonds is 4. The van der Waals surface area contributed by atoms with Crippen LogP contribution in [0.2, 0.25) is 5.02 Å². The Morgan fingerprint density at radius 3 is 3.06 bits per heavy atom. The van der Waals surface area contributed by atoms with E-state index < -0.39 is 0 Å². The smallest absolute Gasteiger partial charge is 0.0893 e. The highest BCUT2D eigenvalue weighted by molar-refractivity contribution is 7.03. The zero-order chi connectivity index (χ0) is 11.4. The minimum absolute atomic E-state index is 0.250. The molecule has 84 valence electrons. The molecule has 0 aliphatic rings. The molecule has 0 amide bonds. The second-order valence-corrected chi connectivity index (χ2v) is 4.60. The number of hydrogen-bond acceptors (Lipinski definition) is 4. The highest BCUT2D eigenvalue weighted by Crippen LogP contribution is 2.17. The molecule has 3 nitrogen and oxygen atoms in total.